The summed E-state index contributed by atoms with van der Waals surface area (Å²) in [5, 5.41) is 0. The Kier molecular flexibility index (Phi) is 1.89. The van der Waals surface area contributed by atoms with Crippen LogP contribution in [0.15, 0.2) is 22.7 Å². The van der Waals surface area contributed by atoms with Crippen molar-refractivity contribution in [3.05, 3.63) is 28.2 Å². The van der Waals surface area contributed by atoms with E-state index >= 15 is 0 Å². The Balaban J connectivity index is 2.52. The van der Waals surface area contributed by atoms with Crippen LogP contribution in [0.4, 0.5) is 5.69 Å². The maximum absolute atomic E-state index is 10.6. The number of benzene rings is 1. The highest BCUT2D eigenvalue weighted by Gasteiger charge is 2.19. The van der Waals surface area contributed by atoms with Crippen LogP contribution < -0.4 is 4.90 Å². The van der Waals surface area contributed by atoms with Crippen LogP contribution in [0.3, 0.4) is 0 Å². The molecular weight excluding hydrogens is 218 g/mol. The van der Waals surface area contributed by atoms with Gasteiger partial charge in [-0.05, 0) is 24.1 Å². The van der Waals surface area contributed by atoms with Gasteiger partial charge in [-0.2, -0.15) is 0 Å². The molecule has 3 heteroatoms. The van der Waals surface area contributed by atoms with Crippen molar-refractivity contribution in [2.45, 2.75) is 6.42 Å². The van der Waals surface area contributed by atoms with Gasteiger partial charge < -0.3 is 4.90 Å². The Morgan fingerprint density at radius 3 is 3.08 bits per heavy atom. The van der Waals surface area contributed by atoms with Crippen LogP contribution in [-0.4, -0.2) is 13.0 Å². The van der Waals surface area contributed by atoms with E-state index in [1.165, 1.54) is 5.56 Å². The third kappa shape index (κ3) is 1.05. The molecule has 0 radical (unpaired) electrons. The van der Waals surface area contributed by atoms with Gasteiger partial charge in [0.1, 0.15) is 0 Å². The minimum absolute atomic E-state index is 0.807. The van der Waals surface area contributed by atoms with Crippen molar-refractivity contribution in [2.75, 3.05) is 11.4 Å². The maximum atomic E-state index is 10.6. The van der Waals surface area contributed by atoms with E-state index < -0.39 is 0 Å². The zero-order chi connectivity index (χ0) is 8.55. The number of halogens is 1. The summed E-state index contributed by atoms with van der Waals surface area (Å²) in [6.45, 7) is 0.807. The zero-order valence-corrected chi connectivity index (χ0v) is 8.04. The first kappa shape index (κ1) is 7.80. The summed E-state index contributed by atoms with van der Waals surface area (Å²) < 4.78 is 1.10. The van der Waals surface area contributed by atoms with Gasteiger partial charge in [0, 0.05) is 16.7 Å². The quantitative estimate of drug-likeness (QED) is 0.670. The van der Waals surface area contributed by atoms with Crippen molar-refractivity contribution in [1.82, 2.24) is 0 Å². The Morgan fingerprint density at radius 2 is 2.33 bits per heavy atom. The highest BCUT2D eigenvalue weighted by Crippen LogP contribution is 2.32. The Bertz CT molecular complexity index is 324. The summed E-state index contributed by atoms with van der Waals surface area (Å²) in [6.07, 6.45) is 1.84. The van der Waals surface area contributed by atoms with Gasteiger partial charge in [-0.25, -0.2) is 0 Å². The van der Waals surface area contributed by atoms with E-state index in [0.717, 1.165) is 29.5 Å². The van der Waals surface area contributed by atoms with Crippen LogP contribution in [0, 0.1) is 0 Å². The van der Waals surface area contributed by atoms with Gasteiger partial charge in [-0.1, -0.05) is 22.0 Å². The maximum Gasteiger partial charge on any atom is 0.214 e. The fraction of sp³-hybridized carbons (Fsp3) is 0.222. The molecule has 0 fully saturated rings. The van der Waals surface area contributed by atoms with E-state index in [1.807, 2.05) is 18.2 Å². The Morgan fingerprint density at radius 1 is 1.50 bits per heavy atom. The molecule has 1 aromatic carbocycles. The normalized spacial score (nSPS) is 14.6. The van der Waals surface area contributed by atoms with E-state index in [0.29, 0.717) is 0 Å². The molecule has 1 heterocycles. The minimum Gasteiger partial charge on any atom is -0.314 e. The number of amides is 1. The molecular formula is C9H8BrNO. The Hall–Kier alpha value is -0.830. The molecule has 0 spiro atoms. The summed E-state index contributed by atoms with van der Waals surface area (Å²) >= 11 is 3.46. The van der Waals surface area contributed by atoms with Crippen LogP contribution >= 0.6 is 15.9 Å². The van der Waals surface area contributed by atoms with Crippen LogP contribution in [0.1, 0.15) is 5.56 Å². The summed E-state index contributed by atoms with van der Waals surface area (Å²) in [4.78, 5) is 12.3. The van der Waals surface area contributed by atoms with Crippen molar-refractivity contribution in [3.8, 4) is 0 Å². The monoisotopic (exact) mass is 225 g/mol. The van der Waals surface area contributed by atoms with Gasteiger partial charge in [0.25, 0.3) is 0 Å². The summed E-state index contributed by atoms with van der Waals surface area (Å²) in [6, 6.07) is 5.93. The van der Waals surface area contributed by atoms with Crippen molar-refractivity contribution in [2.24, 2.45) is 0 Å². The molecule has 1 aliphatic heterocycles. The molecule has 1 aromatic rings. The van der Waals surface area contributed by atoms with Gasteiger partial charge in [0.15, 0.2) is 0 Å². The average Bonchev–Trinajstić information content (AvgIpc) is 2.49. The number of hydrogen-bond acceptors (Lipinski definition) is 1. The molecule has 0 bridgehead atoms. The summed E-state index contributed by atoms with van der Waals surface area (Å²) in [7, 11) is 0. The molecule has 0 atom stereocenters. The van der Waals surface area contributed by atoms with Crippen molar-refractivity contribution >= 4 is 28.0 Å². The smallest absolute Gasteiger partial charge is 0.214 e. The third-order valence-corrected chi connectivity index (χ3v) is 2.88. The lowest BCUT2D eigenvalue weighted by atomic mass is 10.2. The standard InChI is InChI=1S/C9H8BrNO/c10-8-2-1-3-9-7(8)4-5-11(9)6-12/h1-3,6H,4-5H2. The number of rotatable bonds is 1. The number of anilines is 1. The van der Waals surface area contributed by atoms with Gasteiger partial charge in [-0.3, -0.25) is 4.79 Å². The second-order valence-electron chi connectivity index (χ2n) is 2.79. The van der Waals surface area contributed by atoms with E-state index in [2.05, 4.69) is 15.9 Å². The predicted octanol–water partition coefficient (Wildman–Crippen LogP) is 1.97. The minimum atomic E-state index is 0.807. The molecule has 1 aliphatic rings. The number of carbonyl (C=O) groups is 1. The first-order valence-electron chi connectivity index (χ1n) is 3.82. The fourth-order valence-electron chi connectivity index (χ4n) is 1.53. The van der Waals surface area contributed by atoms with Gasteiger partial charge >= 0.3 is 0 Å². The molecule has 0 aromatic heterocycles. The van der Waals surface area contributed by atoms with Crippen LogP contribution in [0.25, 0.3) is 0 Å². The summed E-state index contributed by atoms with van der Waals surface area (Å²) in [5.74, 6) is 0. The SMILES string of the molecule is O=CN1CCc2c(Br)cccc21. The molecule has 0 unspecified atom stereocenters. The molecule has 2 rings (SSSR count). The van der Waals surface area contributed by atoms with Crippen molar-refractivity contribution < 1.29 is 4.79 Å². The van der Waals surface area contributed by atoms with Crippen molar-refractivity contribution in [3.63, 3.8) is 0 Å². The number of hydrogen-bond donors (Lipinski definition) is 0. The van der Waals surface area contributed by atoms with Crippen LogP contribution in [0.2, 0.25) is 0 Å². The van der Waals surface area contributed by atoms with Crippen LogP contribution in [0.5, 0.6) is 0 Å². The second-order valence-corrected chi connectivity index (χ2v) is 3.64. The van der Waals surface area contributed by atoms with E-state index in [-0.39, 0.29) is 0 Å². The molecule has 0 aliphatic carbocycles. The zero-order valence-electron chi connectivity index (χ0n) is 6.46. The topological polar surface area (TPSA) is 20.3 Å². The van der Waals surface area contributed by atoms with Gasteiger partial charge in [-0.15, -0.1) is 0 Å². The van der Waals surface area contributed by atoms with E-state index in [4.69, 9.17) is 0 Å². The lowest BCUT2D eigenvalue weighted by Gasteiger charge is -2.09. The lowest BCUT2D eigenvalue weighted by Crippen LogP contribution is -2.16. The van der Waals surface area contributed by atoms with E-state index in [9.17, 15) is 4.79 Å². The molecule has 0 saturated carbocycles. The molecule has 12 heavy (non-hydrogen) atoms. The van der Waals surface area contributed by atoms with E-state index in [1.54, 1.807) is 4.90 Å². The van der Waals surface area contributed by atoms with Crippen LogP contribution in [-0.2, 0) is 11.2 Å². The Labute approximate surface area is 79.3 Å². The predicted molar refractivity (Wildman–Crippen MR) is 51.3 cm³/mol. The first-order valence-corrected chi connectivity index (χ1v) is 4.61. The first-order chi connectivity index (χ1) is 5.83. The lowest BCUT2D eigenvalue weighted by molar-refractivity contribution is -0.107. The highest BCUT2D eigenvalue weighted by atomic mass is 79.9. The molecule has 2 nitrogen and oxygen atoms in total. The second kappa shape index (κ2) is 2.90. The van der Waals surface area contributed by atoms with Gasteiger partial charge in [0.05, 0.1) is 0 Å². The molecule has 0 N–H and O–H groups in total. The van der Waals surface area contributed by atoms with Gasteiger partial charge in [0.2, 0.25) is 6.41 Å². The van der Waals surface area contributed by atoms with Crippen molar-refractivity contribution in [1.29, 1.82) is 0 Å². The number of fused-ring (bicyclic) bond motifs is 1. The number of carbonyl (C=O) groups excluding carboxylic acids is 1. The number of nitrogens with zero attached hydrogens (tertiary/aromatic N) is 1. The summed E-state index contributed by atoms with van der Waals surface area (Å²) in [5.41, 5.74) is 2.28. The molecule has 0 saturated heterocycles. The third-order valence-electron chi connectivity index (χ3n) is 2.13. The molecule has 62 valence electrons. The fourth-order valence-corrected chi connectivity index (χ4v) is 2.08. The largest absolute Gasteiger partial charge is 0.314 e. The molecule has 1 amide bonds. The highest BCUT2D eigenvalue weighted by molar-refractivity contribution is 9.10. The average molecular weight is 226 g/mol.